The van der Waals surface area contributed by atoms with Crippen LogP contribution in [0.2, 0.25) is 0 Å². The number of nitrogens with zero attached hydrogens (tertiary/aromatic N) is 4. The van der Waals surface area contributed by atoms with Crippen molar-refractivity contribution in [1.82, 2.24) is 14.7 Å². The molecule has 3 aromatic carbocycles. The summed E-state index contributed by atoms with van der Waals surface area (Å²) >= 11 is 1.38. The minimum Gasteiger partial charge on any atom is -0.504 e. The molecule has 2 fully saturated rings. The molecule has 7 heterocycles. The number of methoxy groups -OCH3 is 2. The molecule has 62 heavy (non-hydrogen) atoms. The maximum atomic E-state index is 15.1. The van der Waals surface area contributed by atoms with E-state index in [0.29, 0.717) is 57.8 Å². The van der Waals surface area contributed by atoms with Crippen molar-refractivity contribution >= 4 is 29.8 Å². The van der Waals surface area contributed by atoms with Crippen molar-refractivity contribution in [3.8, 4) is 46.3 Å². The average molecular weight is 871 g/mol. The summed E-state index contributed by atoms with van der Waals surface area (Å²) in [6.45, 7) is 10.3. The van der Waals surface area contributed by atoms with Gasteiger partial charge in [0.15, 0.2) is 40.0 Å². The molecule has 328 valence electrons. The topological polar surface area (TPSA) is 190 Å². The Hall–Kier alpha value is -5.57. The summed E-state index contributed by atoms with van der Waals surface area (Å²) < 4.78 is 42.6. The number of benzene rings is 3. The molecular formula is C45H50N4O12S. The van der Waals surface area contributed by atoms with Crippen LogP contribution in [0, 0.1) is 25.2 Å². The molecule has 17 heteroatoms. The molecule has 7 aliphatic heterocycles. The maximum Gasteiger partial charge on any atom is 0.411 e. The van der Waals surface area contributed by atoms with Gasteiger partial charge in [-0.15, -0.1) is 11.8 Å². The number of rotatable bonds is 3. The molecule has 1 spiro atoms. The van der Waals surface area contributed by atoms with Crippen molar-refractivity contribution < 1.29 is 57.8 Å². The second kappa shape index (κ2) is 14.8. The minimum atomic E-state index is -1.43. The maximum absolute atomic E-state index is 15.1. The van der Waals surface area contributed by atoms with Crippen LogP contribution in [-0.4, -0.2) is 114 Å². The molecule has 10 rings (SSSR count). The number of thioether (sulfide) groups is 1. The molecule has 2 N–H and O–H groups in total. The highest BCUT2D eigenvalue weighted by atomic mass is 32.2. The van der Waals surface area contributed by atoms with E-state index in [1.807, 2.05) is 29.8 Å². The van der Waals surface area contributed by atoms with Gasteiger partial charge in [-0.3, -0.25) is 19.5 Å². The number of esters is 2. The van der Waals surface area contributed by atoms with Crippen LogP contribution in [0.25, 0.3) is 0 Å². The summed E-state index contributed by atoms with van der Waals surface area (Å²) in [6.07, 6.45) is 0.0440. The third-order valence-electron chi connectivity index (χ3n) is 13.2. The Labute approximate surface area is 363 Å². The number of carbonyl (C=O) groups is 3. The van der Waals surface area contributed by atoms with E-state index in [4.69, 9.17) is 33.2 Å². The summed E-state index contributed by atoms with van der Waals surface area (Å²) in [5, 5.41) is 33.9. The van der Waals surface area contributed by atoms with Crippen LogP contribution in [0.3, 0.4) is 0 Å². The summed E-state index contributed by atoms with van der Waals surface area (Å²) in [7, 11) is 4.77. The second-order valence-corrected chi connectivity index (χ2v) is 18.9. The smallest absolute Gasteiger partial charge is 0.411 e. The van der Waals surface area contributed by atoms with E-state index >= 15 is 4.79 Å². The van der Waals surface area contributed by atoms with Crippen LogP contribution in [0.4, 0.5) is 4.79 Å². The molecule has 3 aromatic rings. The van der Waals surface area contributed by atoms with Crippen LogP contribution < -0.4 is 23.7 Å². The summed E-state index contributed by atoms with van der Waals surface area (Å²) in [5.74, 6) is 0.108. The predicted octanol–water partition coefficient (Wildman–Crippen LogP) is 5.63. The summed E-state index contributed by atoms with van der Waals surface area (Å²) in [6, 6.07) is 3.21. The molecule has 0 aromatic heterocycles. The Morgan fingerprint density at radius 3 is 2.42 bits per heavy atom. The van der Waals surface area contributed by atoms with Crippen LogP contribution >= 0.6 is 11.8 Å². The van der Waals surface area contributed by atoms with Gasteiger partial charge in [-0.25, -0.2) is 9.59 Å². The number of piperazine rings is 1. The number of amides is 1. The third kappa shape index (κ3) is 5.96. The molecule has 0 aliphatic carbocycles. The van der Waals surface area contributed by atoms with E-state index in [0.717, 1.165) is 11.1 Å². The van der Waals surface area contributed by atoms with Gasteiger partial charge in [0.05, 0.1) is 49.7 Å². The monoisotopic (exact) mass is 870 g/mol. The van der Waals surface area contributed by atoms with Gasteiger partial charge in [0.1, 0.15) is 24.0 Å². The van der Waals surface area contributed by atoms with Gasteiger partial charge in [0.2, 0.25) is 6.79 Å². The Morgan fingerprint density at radius 1 is 1.00 bits per heavy atom. The van der Waals surface area contributed by atoms with E-state index in [-0.39, 0.29) is 54.3 Å². The molecule has 7 atom stereocenters. The fraction of sp³-hybridized carbons (Fsp3) is 0.511. The van der Waals surface area contributed by atoms with Crippen LogP contribution in [-0.2, 0) is 37.4 Å². The molecular weight excluding hydrogens is 821 g/mol. The second-order valence-electron chi connectivity index (χ2n) is 17.8. The highest BCUT2D eigenvalue weighted by molar-refractivity contribution is 7.99. The molecule has 7 aliphatic rings. The predicted molar refractivity (Wildman–Crippen MR) is 223 cm³/mol. The molecule has 2 unspecified atom stereocenters. The lowest BCUT2D eigenvalue weighted by atomic mass is 9.71. The Balaban J connectivity index is 1.37. The van der Waals surface area contributed by atoms with E-state index in [2.05, 4.69) is 6.07 Å². The number of hydrogen-bond acceptors (Lipinski definition) is 16. The Kier molecular flexibility index (Phi) is 9.95. The SMILES string of the molecule is COc1cc2c(cc1O)CCN(C)[C@]21CS[C@@H]2c3c(OC(C)=O)c(C)c4c(c3[C@H](COC1=O)N1C2C2c3c(cc(C)c(OC)c3O)C[C@@H]([C@@H]1C#N)N2C(=O)OC(C)(C)C)OCO4. The highest BCUT2D eigenvalue weighted by Crippen LogP contribution is 2.65. The Bertz CT molecular complexity index is 2480. The number of aryl methyl sites for hydroxylation is 1. The molecule has 2 saturated heterocycles. The lowest BCUT2D eigenvalue weighted by Gasteiger charge is -2.62. The van der Waals surface area contributed by atoms with E-state index < -0.39 is 64.6 Å². The Morgan fingerprint density at radius 2 is 1.74 bits per heavy atom. The summed E-state index contributed by atoms with van der Waals surface area (Å²) in [5.41, 5.74) is 2.45. The van der Waals surface area contributed by atoms with Crippen molar-refractivity contribution in [1.29, 1.82) is 5.26 Å². The molecule has 1 amide bonds. The lowest BCUT2D eigenvalue weighted by Crippen LogP contribution is -2.71. The van der Waals surface area contributed by atoms with Gasteiger partial charge in [-0.2, -0.15) is 5.26 Å². The van der Waals surface area contributed by atoms with Crippen molar-refractivity contribution in [2.45, 2.75) is 101 Å². The largest absolute Gasteiger partial charge is 0.504 e. The van der Waals surface area contributed by atoms with E-state index in [1.165, 1.54) is 32.9 Å². The van der Waals surface area contributed by atoms with Gasteiger partial charge >= 0.3 is 18.0 Å². The molecule has 0 radical (unpaired) electrons. The third-order valence-corrected chi connectivity index (χ3v) is 14.7. The van der Waals surface area contributed by atoms with Crippen molar-refractivity contribution in [2.24, 2.45) is 0 Å². The number of fused-ring (bicyclic) bond motifs is 9. The number of nitriles is 1. The molecule has 4 bridgehead atoms. The van der Waals surface area contributed by atoms with Gasteiger partial charge < -0.3 is 43.4 Å². The quantitative estimate of drug-likeness (QED) is 0.243. The van der Waals surface area contributed by atoms with Crippen molar-refractivity contribution in [3.05, 3.63) is 62.7 Å². The number of phenolic OH excluding ortho intramolecular Hbond substituents is 2. The zero-order valence-corrected chi connectivity index (χ0v) is 36.9. The van der Waals surface area contributed by atoms with Gasteiger partial charge in [0.25, 0.3) is 0 Å². The van der Waals surface area contributed by atoms with E-state index in [1.54, 1.807) is 44.7 Å². The van der Waals surface area contributed by atoms with Gasteiger partial charge in [-0.05, 0) is 88.9 Å². The number of ether oxygens (including phenoxy) is 7. The first kappa shape index (κ1) is 41.8. The first-order valence-corrected chi connectivity index (χ1v) is 21.6. The van der Waals surface area contributed by atoms with Crippen LogP contribution in [0.5, 0.6) is 40.2 Å². The molecule has 0 saturated carbocycles. The first-order chi connectivity index (χ1) is 29.5. The first-order valence-electron chi connectivity index (χ1n) is 20.6. The van der Waals surface area contributed by atoms with Crippen molar-refractivity contribution in [2.75, 3.05) is 47.0 Å². The molecule has 16 nitrogen and oxygen atoms in total. The minimum absolute atomic E-state index is 0.0469. The highest BCUT2D eigenvalue weighted by Gasteiger charge is 2.64. The summed E-state index contributed by atoms with van der Waals surface area (Å²) in [4.78, 5) is 48.7. The lowest BCUT2D eigenvalue weighted by molar-refractivity contribution is -0.163. The number of aromatic hydroxyl groups is 2. The number of phenols is 2. The van der Waals surface area contributed by atoms with E-state index in [9.17, 15) is 25.1 Å². The zero-order chi connectivity index (χ0) is 44.3. The van der Waals surface area contributed by atoms with Gasteiger partial charge in [0, 0.05) is 41.5 Å². The number of carbonyl (C=O) groups excluding carboxylic acids is 3. The fourth-order valence-electron chi connectivity index (χ4n) is 10.8. The number of hydrogen-bond donors (Lipinski definition) is 2. The van der Waals surface area contributed by atoms with Gasteiger partial charge in [-0.1, -0.05) is 6.07 Å². The zero-order valence-electron chi connectivity index (χ0n) is 36.1. The normalized spacial score (nSPS) is 27.2. The average Bonchev–Trinajstić information content (AvgIpc) is 3.70. The van der Waals surface area contributed by atoms with Crippen LogP contribution in [0.15, 0.2) is 18.2 Å². The number of likely N-dealkylation sites (N-methyl/N-ethyl adjacent to an activating group) is 1. The standard InChI is InChI=1S/C45H50N4O12S/c1-20-12-24-13-26-27(16-46)48-28-17-57-42(53)45(25-15-30(55-8)29(51)14-23(25)10-11-47(45)7)18-62-41(33-32(28)40-39(58-19-59-40)21(2)38(33)60-22(3)50)35(48)34(31(24)36(52)37(20)56-9)49(26)43(54)61-44(4,5)6/h12,14-15,26-28,34-35,41,51-52H,10-11,13,17-19H2,1-9H3/t26-,27-,28-,34?,35?,41+,45+/m0/s1. The fourth-order valence-corrected chi connectivity index (χ4v) is 12.6. The van der Waals surface area contributed by atoms with Crippen LogP contribution in [0.1, 0.15) is 89.5 Å². The van der Waals surface area contributed by atoms with Crippen molar-refractivity contribution in [3.63, 3.8) is 0 Å².